The van der Waals surface area contributed by atoms with Crippen LogP contribution >= 0.6 is 0 Å². The topological polar surface area (TPSA) is 129 Å². The molecule has 10 heteroatoms. The van der Waals surface area contributed by atoms with E-state index < -0.39 is 33.2 Å². The van der Waals surface area contributed by atoms with Gasteiger partial charge in [-0.15, -0.1) is 0 Å². The molecule has 1 aliphatic heterocycles. The van der Waals surface area contributed by atoms with Crippen LogP contribution in [-0.4, -0.2) is 54.1 Å². The van der Waals surface area contributed by atoms with Gasteiger partial charge in [0.2, 0.25) is 6.36 Å². The summed E-state index contributed by atoms with van der Waals surface area (Å²) in [5.41, 5.74) is -0.967. The highest BCUT2D eigenvalue weighted by Crippen LogP contribution is 2.29. The highest BCUT2D eigenvalue weighted by molar-refractivity contribution is 7.91. The van der Waals surface area contributed by atoms with E-state index in [-0.39, 0.29) is 28.3 Å². The monoisotopic (exact) mass is 491 g/mol. The molecule has 3 rings (SSSR count). The molecule has 1 amide bonds. The Kier molecular flexibility index (Phi) is 7.05. The van der Waals surface area contributed by atoms with Crippen LogP contribution in [-0.2, 0) is 9.84 Å². The van der Waals surface area contributed by atoms with Gasteiger partial charge in [-0.05, 0) is 57.5 Å². The van der Waals surface area contributed by atoms with Crippen LogP contribution in [0.1, 0.15) is 50.0 Å². The van der Waals surface area contributed by atoms with Crippen LogP contribution < -0.4 is 15.4 Å². The summed E-state index contributed by atoms with van der Waals surface area (Å²) in [7, 11) is -3.20. The van der Waals surface area contributed by atoms with Crippen LogP contribution in [0.4, 0.5) is 15.8 Å². The maximum Gasteiger partial charge on any atom is 0.251 e. The number of benzene rings is 2. The number of rotatable bonds is 8. The first-order valence-electron chi connectivity index (χ1n) is 10.8. The first kappa shape index (κ1) is 25.6. The lowest BCUT2D eigenvalue weighted by Gasteiger charge is -2.25. The van der Waals surface area contributed by atoms with Crippen molar-refractivity contribution in [3.8, 4) is 5.75 Å². The fraction of sp³-hybridized carbons (Fsp3) is 0.417. The van der Waals surface area contributed by atoms with Gasteiger partial charge in [0.15, 0.2) is 9.84 Å². The molecular weight excluding hydrogens is 461 g/mol. The average molecular weight is 492 g/mol. The number of amides is 1. The Bertz CT molecular complexity index is 1210. The number of aliphatic hydroxyl groups is 1. The molecule has 184 valence electrons. The first-order chi connectivity index (χ1) is 15.7. The minimum Gasteiger partial charge on any atom is -0.461 e. The summed E-state index contributed by atoms with van der Waals surface area (Å²) < 4.78 is 42.0. The summed E-state index contributed by atoms with van der Waals surface area (Å²) in [6, 6.07) is 11.2. The molecule has 1 fully saturated rings. The van der Waals surface area contributed by atoms with E-state index >= 15 is 0 Å². The number of carbonyl (C=O) groups excluding carboxylic acids is 1. The first-order valence-corrected chi connectivity index (χ1v) is 12.7. The number of nitrogens with one attached hydrogen (secondary N) is 3. The fourth-order valence-corrected chi connectivity index (χ4v) is 5.87. The summed E-state index contributed by atoms with van der Waals surface area (Å²) in [4.78, 5) is 12.9. The summed E-state index contributed by atoms with van der Waals surface area (Å²) in [5.74, 6) is -0.267. The zero-order valence-corrected chi connectivity index (χ0v) is 20.4. The molecule has 0 aliphatic carbocycles. The molecule has 1 heterocycles. The molecule has 34 heavy (non-hydrogen) atoms. The molecule has 4 N–H and O–H groups in total. The van der Waals surface area contributed by atoms with E-state index in [1.54, 1.807) is 43.3 Å². The number of anilines is 2. The van der Waals surface area contributed by atoms with Gasteiger partial charge in [-0.25, -0.2) is 12.8 Å². The Morgan fingerprint density at radius 3 is 2.56 bits per heavy atom. The van der Waals surface area contributed by atoms with Gasteiger partial charge in [0, 0.05) is 35.5 Å². The molecule has 0 radical (unpaired) electrons. The summed E-state index contributed by atoms with van der Waals surface area (Å²) in [5, 5.41) is 24.9. The minimum atomic E-state index is -3.20. The normalized spacial score (nSPS) is 20.4. The van der Waals surface area contributed by atoms with E-state index in [4.69, 9.17) is 10.1 Å². The van der Waals surface area contributed by atoms with E-state index in [0.29, 0.717) is 23.5 Å². The van der Waals surface area contributed by atoms with Crippen molar-refractivity contribution in [3.05, 3.63) is 53.6 Å². The van der Waals surface area contributed by atoms with Crippen molar-refractivity contribution >= 4 is 32.8 Å². The van der Waals surface area contributed by atoms with E-state index in [0.717, 1.165) is 0 Å². The Morgan fingerprint density at radius 2 is 1.97 bits per heavy atom. The molecule has 2 atom stereocenters. The SMILES string of the molecule is CC(F)Oc1cccc(Nc2ccc(C(=O)N[C@@]3(C)CCS(=O)(=O)C3)cc2C(=N)C(C)(C)O)c1. The van der Waals surface area contributed by atoms with Gasteiger partial charge in [-0.1, -0.05) is 6.07 Å². The van der Waals surface area contributed by atoms with Gasteiger partial charge < -0.3 is 25.9 Å². The molecule has 2 aromatic carbocycles. The standard InChI is InChI=1S/C24H30FN3O5S/c1-15(25)33-18-7-5-6-17(13-18)27-20-9-8-16(12-19(20)21(26)23(2,3)30)22(29)28-24(4)10-11-34(31,32)14-24/h5-9,12-13,15,26-27,30H,10-11,14H2,1-4H3,(H,28,29)/t15?,24-/m0/s1. The van der Waals surface area contributed by atoms with Crippen molar-refractivity contribution in [3.63, 3.8) is 0 Å². The third-order valence-electron chi connectivity index (χ3n) is 5.49. The third-order valence-corrected chi connectivity index (χ3v) is 7.40. The van der Waals surface area contributed by atoms with Crippen molar-refractivity contribution < 1.29 is 27.4 Å². The predicted octanol–water partition coefficient (Wildman–Crippen LogP) is 3.57. The van der Waals surface area contributed by atoms with Crippen LogP contribution in [0.25, 0.3) is 0 Å². The molecular formula is C24H30FN3O5S. The molecule has 8 nitrogen and oxygen atoms in total. The van der Waals surface area contributed by atoms with Gasteiger partial charge in [0.05, 0.1) is 22.8 Å². The zero-order chi connectivity index (χ0) is 25.3. The third kappa shape index (κ3) is 6.32. The van der Waals surface area contributed by atoms with E-state index in [1.165, 1.54) is 26.8 Å². The molecule has 0 spiro atoms. The smallest absolute Gasteiger partial charge is 0.251 e. The van der Waals surface area contributed by atoms with Gasteiger partial charge in [0.25, 0.3) is 5.91 Å². The van der Waals surface area contributed by atoms with Crippen LogP contribution in [0.15, 0.2) is 42.5 Å². The van der Waals surface area contributed by atoms with E-state index in [1.807, 2.05) is 0 Å². The maximum atomic E-state index is 13.2. The Labute approximate surface area is 199 Å². The Hall–Kier alpha value is -2.98. The largest absolute Gasteiger partial charge is 0.461 e. The van der Waals surface area contributed by atoms with Crippen LogP contribution in [0.3, 0.4) is 0 Å². The number of carbonyl (C=O) groups is 1. The number of hydrogen-bond acceptors (Lipinski definition) is 7. The zero-order valence-electron chi connectivity index (χ0n) is 19.6. The Morgan fingerprint density at radius 1 is 1.26 bits per heavy atom. The van der Waals surface area contributed by atoms with E-state index in [9.17, 15) is 22.7 Å². The van der Waals surface area contributed by atoms with Crippen molar-refractivity contribution in [2.24, 2.45) is 0 Å². The van der Waals surface area contributed by atoms with Gasteiger partial charge in [0.1, 0.15) is 11.4 Å². The van der Waals surface area contributed by atoms with Gasteiger partial charge in [-0.2, -0.15) is 0 Å². The Balaban J connectivity index is 1.92. The molecule has 2 aromatic rings. The lowest BCUT2D eigenvalue weighted by molar-refractivity contribution is 0.0860. The van der Waals surface area contributed by atoms with Gasteiger partial charge >= 0.3 is 0 Å². The molecule has 1 unspecified atom stereocenters. The molecule has 1 saturated heterocycles. The number of alkyl halides is 1. The summed E-state index contributed by atoms with van der Waals surface area (Å²) >= 11 is 0. The van der Waals surface area contributed by atoms with Crippen molar-refractivity contribution in [2.45, 2.75) is 51.6 Å². The lowest BCUT2D eigenvalue weighted by Crippen LogP contribution is -2.47. The maximum absolute atomic E-state index is 13.2. The van der Waals surface area contributed by atoms with Crippen molar-refractivity contribution in [1.29, 1.82) is 5.41 Å². The quantitative estimate of drug-likeness (QED) is 0.418. The van der Waals surface area contributed by atoms with Crippen molar-refractivity contribution in [1.82, 2.24) is 5.32 Å². The van der Waals surface area contributed by atoms with Crippen LogP contribution in [0.5, 0.6) is 5.75 Å². The van der Waals surface area contributed by atoms with E-state index in [2.05, 4.69) is 10.6 Å². The van der Waals surface area contributed by atoms with Crippen molar-refractivity contribution in [2.75, 3.05) is 16.8 Å². The number of hydrogen-bond donors (Lipinski definition) is 4. The second kappa shape index (κ2) is 9.34. The second-order valence-electron chi connectivity index (χ2n) is 9.36. The number of sulfone groups is 1. The minimum absolute atomic E-state index is 0.0190. The van der Waals surface area contributed by atoms with Gasteiger partial charge in [-0.3, -0.25) is 4.79 Å². The number of ether oxygens (including phenoxy) is 1. The molecule has 1 aliphatic rings. The predicted molar refractivity (Wildman–Crippen MR) is 130 cm³/mol. The second-order valence-corrected chi connectivity index (χ2v) is 11.5. The molecule has 0 aromatic heterocycles. The highest BCUT2D eigenvalue weighted by Gasteiger charge is 2.39. The average Bonchev–Trinajstić information content (AvgIpc) is 2.99. The van der Waals surface area contributed by atoms with Crippen LogP contribution in [0, 0.1) is 5.41 Å². The van der Waals surface area contributed by atoms with Crippen LogP contribution in [0.2, 0.25) is 0 Å². The molecule has 0 saturated carbocycles. The summed E-state index contributed by atoms with van der Waals surface area (Å²) in [6.45, 7) is 5.90. The summed E-state index contributed by atoms with van der Waals surface area (Å²) in [6.07, 6.45) is -1.16. The number of halogens is 1. The fourth-order valence-electron chi connectivity index (χ4n) is 3.78. The lowest BCUT2D eigenvalue weighted by atomic mass is 9.92. The molecule has 0 bridgehead atoms. The highest BCUT2D eigenvalue weighted by atomic mass is 32.2.